The minimum absolute atomic E-state index is 0.198. The third kappa shape index (κ3) is 3.31. The molecule has 0 aliphatic rings. The summed E-state index contributed by atoms with van der Waals surface area (Å²) in [5, 5.41) is 9.26. The molecule has 2 aromatic rings. The highest BCUT2D eigenvalue weighted by atomic mass is 79.9. The molecule has 0 aliphatic carbocycles. The summed E-state index contributed by atoms with van der Waals surface area (Å²) in [5.74, 6) is -0.974. The number of carbonyl (C=O) groups excluding carboxylic acids is 1. The third-order valence-electron chi connectivity index (χ3n) is 2.67. The topological polar surface area (TPSA) is 40.9 Å². The highest BCUT2D eigenvalue weighted by molar-refractivity contribution is 9.11. The van der Waals surface area contributed by atoms with Crippen molar-refractivity contribution < 1.29 is 4.79 Å². The molecule has 2 aromatic carbocycles. The van der Waals surface area contributed by atoms with E-state index in [1.54, 1.807) is 24.3 Å². The van der Waals surface area contributed by atoms with E-state index in [4.69, 9.17) is 0 Å². The van der Waals surface area contributed by atoms with E-state index in [1.807, 2.05) is 24.3 Å². The number of ketones is 1. The van der Waals surface area contributed by atoms with Gasteiger partial charge in [0.25, 0.3) is 0 Å². The first-order valence-electron chi connectivity index (χ1n) is 5.56. The Morgan fingerprint density at radius 3 is 2.16 bits per heavy atom. The van der Waals surface area contributed by atoms with Crippen LogP contribution in [0, 0.1) is 11.3 Å². The van der Waals surface area contributed by atoms with Gasteiger partial charge in [-0.3, -0.25) is 4.79 Å². The number of hydrogen-bond acceptors (Lipinski definition) is 2. The van der Waals surface area contributed by atoms with Gasteiger partial charge in [-0.05, 0) is 23.8 Å². The Morgan fingerprint density at radius 1 is 1.05 bits per heavy atom. The summed E-state index contributed by atoms with van der Waals surface area (Å²) in [6.07, 6.45) is 0. The van der Waals surface area contributed by atoms with Gasteiger partial charge in [-0.2, -0.15) is 5.26 Å². The van der Waals surface area contributed by atoms with E-state index in [2.05, 4.69) is 37.9 Å². The van der Waals surface area contributed by atoms with Gasteiger partial charge in [-0.15, -0.1) is 0 Å². The molecule has 94 valence electrons. The molecule has 4 heteroatoms. The molecule has 0 aromatic heterocycles. The zero-order valence-corrected chi connectivity index (χ0v) is 13.0. The molecule has 0 radical (unpaired) electrons. The van der Waals surface area contributed by atoms with Crippen LogP contribution in [0.5, 0.6) is 0 Å². The molecule has 0 fully saturated rings. The normalized spacial score (nSPS) is 11.6. The standard InChI is InChI=1S/C15H9Br2NO/c16-12-6-11(7-13(17)8-12)15(19)14(9-18)10-4-2-1-3-5-10/h1-8,14H. The van der Waals surface area contributed by atoms with Crippen molar-refractivity contribution in [1.82, 2.24) is 0 Å². The van der Waals surface area contributed by atoms with Gasteiger partial charge in [0.1, 0.15) is 5.92 Å². The molecule has 0 bridgehead atoms. The molecule has 0 aliphatic heterocycles. The molecule has 0 heterocycles. The highest BCUT2D eigenvalue weighted by Gasteiger charge is 2.22. The molecule has 0 saturated carbocycles. The zero-order chi connectivity index (χ0) is 13.8. The molecule has 1 unspecified atom stereocenters. The van der Waals surface area contributed by atoms with Crippen LogP contribution in [-0.2, 0) is 0 Å². The van der Waals surface area contributed by atoms with Gasteiger partial charge in [0.15, 0.2) is 5.78 Å². The first-order chi connectivity index (χ1) is 9.11. The second kappa shape index (κ2) is 6.14. The molecule has 2 rings (SSSR count). The Labute approximate surface area is 128 Å². The summed E-state index contributed by atoms with van der Waals surface area (Å²) in [6, 6.07) is 16.5. The fraction of sp³-hybridized carbons (Fsp3) is 0.0667. The van der Waals surface area contributed by atoms with Crippen LogP contribution in [0.2, 0.25) is 0 Å². The van der Waals surface area contributed by atoms with Gasteiger partial charge in [0.05, 0.1) is 6.07 Å². The van der Waals surface area contributed by atoms with Crippen molar-refractivity contribution in [1.29, 1.82) is 5.26 Å². The predicted octanol–water partition coefficient (Wildman–Crippen LogP) is 4.70. The molecule has 0 saturated heterocycles. The van der Waals surface area contributed by atoms with Gasteiger partial charge in [0.2, 0.25) is 0 Å². The van der Waals surface area contributed by atoms with E-state index in [0.717, 1.165) is 8.95 Å². The molecule has 2 nitrogen and oxygen atoms in total. The Morgan fingerprint density at radius 2 is 1.63 bits per heavy atom. The van der Waals surface area contributed by atoms with E-state index >= 15 is 0 Å². The maximum Gasteiger partial charge on any atom is 0.184 e. The monoisotopic (exact) mass is 377 g/mol. The van der Waals surface area contributed by atoms with Crippen LogP contribution >= 0.6 is 31.9 Å². The van der Waals surface area contributed by atoms with Gasteiger partial charge in [-0.1, -0.05) is 62.2 Å². The fourth-order valence-electron chi connectivity index (χ4n) is 1.79. The number of nitrogens with zero attached hydrogens (tertiary/aromatic N) is 1. The van der Waals surface area contributed by atoms with Crippen molar-refractivity contribution in [2.45, 2.75) is 5.92 Å². The van der Waals surface area contributed by atoms with Crippen molar-refractivity contribution >= 4 is 37.6 Å². The second-order valence-corrected chi connectivity index (χ2v) is 5.83. The molecule has 19 heavy (non-hydrogen) atoms. The lowest BCUT2D eigenvalue weighted by Crippen LogP contribution is -2.11. The Hall–Kier alpha value is -1.44. The Bertz CT molecular complexity index is 627. The number of hydrogen-bond donors (Lipinski definition) is 0. The molecule has 0 amide bonds. The fourth-order valence-corrected chi connectivity index (χ4v) is 3.09. The van der Waals surface area contributed by atoms with E-state index in [1.165, 1.54) is 0 Å². The summed E-state index contributed by atoms with van der Waals surface area (Å²) < 4.78 is 1.60. The van der Waals surface area contributed by atoms with E-state index < -0.39 is 5.92 Å². The van der Waals surface area contributed by atoms with Crippen molar-refractivity contribution in [2.24, 2.45) is 0 Å². The largest absolute Gasteiger partial charge is 0.292 e. The zero-order valence-electron chi connectivity index (χ0n) is 9.81. The van der Waals surface area contributed by atoms with Crippen molar-refractivity contribution in [2.75, 3.05) is 0 Å². The van der Waals surface area contributed by atoms with Crippen LogP contribution < -0.4 is 0 Å². The number of halogens is 2. The Balaban J connectivity index is 2.40. The summed E-state index contributed by atoms with van der Waals surface area (Å²) in [6.45, 7) is 0. The quantitative estimate of drug-likeness (QED) is 0.726. The maximum atomic E-state index is 12.4. The number of Topliss-reactive ketones (excluding diaryl/α,β-unsaturated/α-hetero) is 1. The lowest BCUT2D eigenvalue weighted by Gasteiger charge is -2.09. The Kier molecular flexibility index (Phi) is 4.52. The smallest absolute Gasteiger partial charge is 0.184 e. The minimum atomic E-state index is -0.776. The van der Waals surface area contributed by atoms with Crippen LogP contribution in [0.4, 0.5) is 0 Å². The van der Waals surface area contributed by atoms with Gasteiger partial charge in [-0.25, -0.2) is 0 Å². The number of carbonyl (C=O) groups is 1. The number of nitriles is 1. The molecule has 0 spiro atoms. The average Bonchev–Trinajstić information content (AvgIpc) is 2.39. The van der Waals surface area contributed by atoms with E-state index in [-0.39, 0.29) is 5.78 Å². The van der Waals surface area contributed by atoms with Crippen molar-refractivity contribution in [3.8, 4) is 6.07 Å². The molecular formula is C15H9Br2NO. The maximum absolute atomic E-state index is 12.4. The summed E-state index contributed by atoms with van der Waals surface area (Å²) in [7, 11) is 0. The summed E-state index contributed by atoms with van der Waals surface area (Å²) in [5.41, 5.74) is 1.22. The van der Waals surface area contributed by atoms with Gasteiger partial charge in [0, 0.05) is 14.5 Å². The van der Waals surface area contributed by atoms with Crippen molar-refractivity contribution in [3.63, 3.8) is 0 Å². The lowest BCUT2D eigenvalue weighted by atomic mass is 9.92. The lowest BCUT2D eigenvalue weighted by molar-refractivity contribution is 0.0979. The average molecular weight is 379 g/mol. The second-order valence-electron chi connectivity index (χ2n) is 4.00. The molecule has 1 atom stereocenters. The molecular weight excluding hydrogens is 370 g/mol. The van der Waals surface area contributed by atoms with Crippen LogP contribution in [0.25, 0.3) is 0 Å². The van der Waals surface area contributed by atoms with Crippen LogP contribution in [-0.4, -0.2) is 5.78 Å². The molecule has 0 N–H and O–H groups in total. The summed E-state index contributed by atoms with van der Waals surface area (Å²) in [4.78, 5) is 12.4. The van der Waals surface area contributed by atoms with Crippen molar-refractivity contribution in [3.05, 3.63) is 68.6 Å². The first kappa shape index (κ1) is 14.0. The first-order valence-corrected chi connectivity index (χ1v) is 7.15. The number of benzene rings is 2. The number of rotatable bonds is 3. The third-order valence-corrected chi connectivity index (χ3v) is 3.59. The van der Waals surface area contributed by atoms with Gasteiger partial charge >= 0.3 is 0 Å². The summed E-state index contributed by atoms with van der Waals surface area (Å²) >= 11 is 6.69. The van der Waals surface area contributed by atoms with Gasteiger partial charge < -0.3 is 0 Å². The van der Waals surface area contributed by atoms with Crippen LogP contribution in [0.15, 0.2) is 57.5 Å². The van der Waals surface area contributed by atoms with E-state index in [0.29, 0.717) is 11.1 Å². The van der Waals surface area contributed by atoms with E-state index in [9.17, 15) is 10.1 Å². The predicted molar refractivity (Wildman–Crippen MR) is 81.0 cm³/mol. The highest BCUT2D eigenvalue weighted by Crippen LogP contribution is 2.25. The minimum Gasteiger partial charge on any atom is -0.292 e. The van der Waals surface area contributed by atoms with Crippen LogP contribution in [0.3, 0.4) is 0 Å². The SMILES string of the molecule is N#CC(C(=O)c1cc(Br)cc(Br)c1)c1ccccc1. The van der Waals surface area contributed by atoms with Crippen LogP contribution in [0.1, 0.15) is 21.8 Å².